The number of nitrogens with zero attached hydrogens (tertiary/aromatic N) is 1. The molecule has 0 unspecified atom stereocenters. The molecule has 0 bridgehead atoms. The van der Waals surface area contributed by atoms with E-state index in [1.165, 1.54) is 0 Å². The number of thioether (sulfide) groups is 1. The van der Waals surface area contributed by atoms with Crippen LogP contribution in [0, 0.1) is 10.1 Å². The van der Waals surface area contributed by atoms with E-state index in [-0.39, 0.29) is 10.6 Å². The summed E-state index contributed by atoms with van der Waals surface area (Å²) in [6.07, 6.45) is 0. The minimum absolute atomic E-state index is 0.140. The third-order valence-corrected chi connectivity index (χ3v) is 3.32. The van der Waals surface area contributed by atoms with Crippen LogP contribution in [0.2, 0.25) is 0 Å². The molecule has 0 atom stereocenters. The molecule has 0 amide bonds. The van der Waals surface area contributed by atoms with Crippen molar-refractivity contribution in [1.82, 2.24) is 0 Å². The summed E-state index contributed by atoms with van der Waals surface area (Å²) < 4.78 is 4.95. The van der Waals surface area contributed by atoms with Gasteiger partial charge in [0.1, 0.15) is 5.69 Å². The van der Waals surface area contributed by atoms with Gasteiger partial charge in [-0.2, -0.15) is 11.8 Å². The first kappa shape index (κ1) is 14.8. The summed E-state index contributed by atoms with van der Waals surface area (Å²) >= 11 is 1.70. The zero-order valence-electron chi connectivity index (χ0n) is 10.6. The second-order valence-corrected chi connectivity index (χ2v) is 4.79. The number of nitrogens with one attached hydrogen (secondary N) is 1. The molecular weight excluding hydrogens is 252 g/mol. The van der Waals surface area contributed by atoms with E-state index >= 15 is 0 Å². The second kappa shape index (κ2) is 7.94. The van der Waals surface area contributed by atoms with E-state index in [9.17, 15) is 10.1 Å². The van der Waals surface area contributed by atoms with Gasteiger partial charge in [-0.15, -0.1) is 0 Å². The Morgan fingerprint density at radius 1 is 1.50 bits per heavy atom. The van der Waals surface area contributed by atoms with Crippen molar-refractivity contribution in [2.24, 2.45) is 0 Å². The van der Waals surface area contributed by atoms with Crippen molar-refractivity contribution < 1.29 is 9.66 Å². The molecule has 100 valence electrons. The highest BCUT2D eigenvalue weighted by Gasteiger charge is 2.13. The summed E-state index contributed by atoms with van der Waals surface area (Å²) in [4.78, 5) is 10.6. The maximum atomic E-state index is 11.0. The highest BCUT2D eigenvalue weighted by Crippen LogP contribution is 2.27. The fraction of sp³-hybridized carbons (Fsp3) is 0.500. The fourth-order valence-corrected chi connectivity index (χ4v) is 2.33. The van der Waals surface area contributed by atoms with Crippen LogP contribution in [-0.4, -0.2) is 30.9 Å². The lowest BCUT2D eigenvalue weighted by Gasteiger charge is -2.07. The first-order valence-electron chi connectivity index (χ1n) is 5.77. The number of anilines is 1. The maximum absolute atomic E-state index is 11.0. The van der Waals surface area contributed by atoms with E-state index in [2.05, 4.69) is 5.32 Å². The van der Waals surface area contributed by atoms with Crippen molar-refractivity contribution >= 4 is 23.1 Å². The summed E-state index contributed by atoms with van der Waals surface area (Å²) in [5.74, 6) is 1.65. The normalized spacial score (nSPS) is 10.3. The van der Waals surface area contributed by atoms with Crippen LogP contribution in [0.1, 0.15) is 12.5 Å². The Kier molecular flexibility index (Phi) is 6.53. The first-order chi connectivity index (χ1) is 8.69. The number of nitro benzene ring substituents is 1. The van der Waals surface area contributed by atoms with Gasteiger partial charge in [-0.05, 0) is 18.6 Å². The van der Waals surface area contributed by atoms with Crippen LogP contribution < -0.4 is 5.32 Å². The Balaban J connectivity index is 2.70. The van der Waals surface area contributed by atoms with Crippen LogP contribution in [0.25, 0.3) is 0 Å². The molecule has 1 aromatic carbocycles. The summed E-state index contributed by atoms with van der Waals surface area (Å²) in [6, 6.07) is 5.33. The highest BCUT2D eigenvalue weighted by atomic mass is 32.2. The third kappa shape index (κ3) is 4.54. The van der Waals surface area contributed by atoms with E-state index in [0.717, 1.165) is 17.1 Å². The second-order valence-electron chi connectivity index (χ2n) is 3.68. The van der Waals surface area contributed by atoms with Crippen molar-refractivity contribution in [3.05, 3.63) is 33.9 Å². The summed E-state index contributed by atoms with van der Waals surface area (Å²) in [6.45, 7) is 3.28. The van der Waals surface area contributed by atoms with E-state index < -0.39 is 0 Å². The molecule has 0 saturated carbocycles. The molecule has 0 fully saturated rings. The molecule has 1 aromatic rings. The van der Waals surface area contributed by atoms with Crippen LogP contribution in [0.4, 0.5) is 11.4 Å². The topological polar surface area (TPSA) is 64.4 Å². The minimum Gasteiger partial charge on any atom is -0.384 e. The SMILES string of the molecule is CCNc1ccc(CSCCOC)cc1[N+](=O)[O-]. The third-order valence-electron chi connectivity index (χ3n) is 2.33. The van der Waals surface area contributed by atoms with Gasteiger partial charge < -0.3 is 10.1 Å². The zero-order valence-corrected chi connectivity index (χ0v) is 11.5. The Bertz CT molecular complexity index is 399. The van der Waals surface area contributed by atoms with Gasteiger partial charge in [0.15, 0.2) is 0 Å². The van der Waals surface area contributed by atoms with Crippen molar-refractivity contribution in [2.75, 3.05) is 31.3 Å². The highest BCUT2D eigenvalue weighted by molar-refractivity contribution is 7.98. The quantitative estimate of drug-likeness (QED) is 0.447. The first-order valence-corrected chi connectivity index (χ1v) is 6.92. The lowest BCUT2D eigenvalue weighted by atomic mass is 10.2. The predicted molar refractivity (Wildman–Crippen MR) is 75.3 cm³/mol. The van der Waals surface area contributed by atoms with E-state index in [0.29, 0.717) is 18.8 Å². The molecule has 0 aliphatic carbocycles. The lowest BCUT2D eigenvalue weighted by Crippen LogP contribution is -2.01. The van der Waals surface area contributed by atoms with Gasteiger partial charge in [-0.25, -0.2) is 0 Å². The Morgan fingerprint density at radius 3 is 2.89 bits per heavy atom. The van der Waals surface area contributed by atoms with Gasteiger partial charge in [-0.3, -0.25) is 10.1 Å². The number of benzene rings is 1. The standard InChI is InChI=1S/C12H18N2O3S/c1-3-13-11-5-4-10(8-12(11)14(15)16)9-18-7-6-17-2/h4-5,8,13H,3,6-7,9H2,1-2H3. The molecule has 0 spiro atoms. The molecule has 0 heterocycles. The molecule has 5 nitrogen and oxygen atoms in total. The van der Waals surface area contributed by atoms with Gasteiger partial charge in [-0.1, -0.05) is 6.07 Å². The molecule has 6 heteroatoms. The number of hydrogen-bond acceptors (Lipinski definition) is 5. The monoisotopic (exact) mass is 270 g/mol. The fourth-order valence-electron chi connectivity index (χ4n) is 1.49. The van der Waals surface area contributed by atoms with Gasteiger partial charge in [0.25, 0.3) is 5.69 Å². The van der Waals surface area contributed by atoms with Gasteiger partial charge in [0, 0.05) is 31.2 Å². The number of ether oxygens (including phenoxy) is 1. The summed E-state index contributed by atoms with van der Waals surface area (Å²) in [5, 5.41) is 14.0. The van der Waals surface area contributed by atoms with Crippen LogP contribution in [0.5, 0.6) is 0 Å². The summed E-state index contributed by atoms with van der Waals surface area (Å²) in [5.41, 5.74) is 1.68. The Morgan fingerprint density at radius 2 is 2.28 bits per heavy atom. The molecule has 18 heavy (non-hydrogen) atoms. The van der Waals surface area contributed by atoms with Crippen LogP contribution in [0.3, 0.4) is 0 Å². The van der Waals surface area contributed by atoms with Crippen LogP contribution in [0.15, 0.2) is 18.2 Å². The van der Waals surface area contributed by atoms with Crippen molar-refractivity contribution in [3.8, 4) is 0 Å². The smallest absolute Gasteiger partial charge is 0.292 e. The molecule has 0 saturated heterocycles. The molecule has 0 aliphatic heterocycles. The molecular formula is C12H18N2O3S. The summed E-state index contributed by atoms with van der Waals surface area (Å²) in [7, 11) is 1.66. The lowest BCUT2D eigenvalue weighted by molar-refractivity contribution is -0.384. The largest absolute Gasteiger partial charge is 0.384 e. The number of methoxy groups -OCH3 is 1. The molecule has 1 rings (SSSR count). The zero-order chi connectivity index (χ0) is 13.4. The van der Waals surface area contributed by atoms with E-state index in [1.54, 1.807) is 31.0 Å². The average molecular weight is 270 g/mol. The number of nitro groups is 1. The molecule has 1 N–H and O–H groups in total. The van der Waals surface area contributed by atoms with Gasteiger partial charge in [0.05, 0.1) is 11.5 Å². The van der Waals surface area contributed by atoms with Gasteiger partial charge in [0.2, 0.25) is 0 Å². The van der Waals surface area contributed by atoms with Crippen molar-refractivity contribution in [2.45, 2.75) is 12.7 Å². The number of rotatable bonds is 8. The minimum atomic E-state index is -0.346. The van der Waals surface area contributed by atoms with E-state index in [1.807, 2.05) is 13.0 Å². The molecule has 0 aromatic heterocycles. The van der Waals surface area contributed by atoms with Gasteiger partial charge >= 0.3 is 0 Å². The maximum Gasteiger partial charge on any atom is 0.292 e. The van der Waals surface area contributed by atoms with E-state index in [4.69, 9.17) is 4.74 Å². The van der Waals surface area contributed by atoms with Crippen LogP contribution >= 0.6 is 11.8 Å². The predicted octanol–water partition coefficient (Wildman–Crippen LogP) is 2.91. The average Bonchev–Trinajstić information content (AvgIpc) is 2.36. The Hall–Kier alpha value is -1.27. The van der Waals surface area contributed by atoms with Crippen molar-refractivity contribution in [3.63, 3.8) is 0 Å². The van der Waals surface area contributed by atoms with Crippen molar-refractivity contribution in [1.29, 1.82) is 0 Å². The van der Waals surface area contributed by atoms with Crippen LogP contribution in [-0.2, 0) is 10.5 Å². The number of hydrogen-bond donors (Lipinski definition) is 1. The Labute approximate surface area is 111 Å². The molecule has 0 radical (unpaired) electrons. The molecule has 0 aliphatic rings.